The van der Waals surface area contributed by atoms with Crippen molar-refractivity contribution in [3.05, 3.63) is 0 Å². The largest absolute Gasteiger partial charge is 0.469 e. The average molecular weight is 138 g/mol. The first-order valence-corrected chi connectivity index (χ1v) is 3.92. The molecule has 10 heavy (non-hydrogen) atoms. The van der Waals surface area contributed by atoms with E-state index in [1.807, 2.05) is 0 Å². The van der Waals surface area contributed by atoms with Crippen LogP contribution in [0.3, 0.4) is 0 Å². The molecule has 0 aromatic carbocycles. The summed E-state index contributed by atoms with van der Waals surface area (Å²) in [4.78, 5) is 11.0. The van der Waals surface area contributed by atoms with E-state index in [9.17, 15) is 4.79 Å². The summed E-state index contributed by atoms with van der Waals surface area (Å²) < 4.78 is 4.71. The molecule has 3 unspecified atom stereocenters. The Bertz CT molecular complexity index is 195. The third-order valence-corrected chi connectivity index (χ3v) is 3.53. The van der Waals surface area contributed by atoms with Gasteiger partial charge in [0.15, 0.2) is 0 Å². The molecule has 0 amide bonds. The van der Waals surface area contributed by atoms with Crippen LogP contribution < -0.4 is 0 Å². The van der Waals surface area contributed by atoms with E-state index < -0.39 is 0 Å². The van der Waals surface area contributed by atoms with Crippen molar-refractivity contribution in [3.8, 4) is 0 Å². The lowest BCUT2D eigenvalue weighted by Crippen LogP contribution is -2.14. The van der Waals surface area contributed by atoms with Gasteiger partial charge in [0.2, 0.25) is 0 Å². The Morgan fingerprint density at radius 1 is 1.40 bits per heavy atom. The van der Waals surface area contributed by atoms with E-state index in [1.54, 1.807) is 0 Å². The molecule has 0 N–H and O–H groups in total. The molecule has 4 aliphatic rings. The molecule has 0 saturated heterocycles. The van der Waals surface area contributed by atoms with Crippen molar-refractivity contribution in [2.24, 2.45) is 29.6 Å². The minimum atomic E-state index is 0.0394. The molecule has 0 aromatic heterocycles. The number of rotatable bonds is 1. The van der Waals surface area contributed by atoms with Gasteiger partial charge in [0.05, 0.1) is 13.0 Å². The van der Waals surface area contributed by atoms with Crippen molar-refractivity contribution in [1.29, 1.82) is 0 Å². The van der Waals surface area contributed by atoms with Crippen LogP contribution in [0.5, 0.6) is 0 Å². The lowest BCUT2D eigenvalue weighted by atomic mass is 10.1. The Labute approximate surface area is 59.6 Å². The molecule has 0 aromatic rings. The Hall–Kier alpha value is -0.530. The third kappa shape index (κ3) is 0.360. The molecule has 0 spiro atoms. The van der Waals surface area contributed by atoms with Gasteiger partial charge >= 0.3 is 5.97 Å². The molecule has 0 radical (unpaired) electrons. The van der Waals surface area contributed by atoms with Crippen molar-refractivity contribution >= 4 is 5.97 Å². The molecule has 4 saturated carbocycles. The van der Waals surface area contributed by atoms with E-state index in [4.69, 9.17) is 4.74 Å². The van der Waals surface area contributed by atoms with Gasteiger partial charge in [-0.25, -0.2) is 0 Å². The number of fused-ring (bicyclic) bond motifs is 1. The van der Waals surface area contributed by atoms with Gasteiger partial charge in [-0.15, -0.1) is 0 Å². The molecule has 2 nitrogen and oxygen atoms in total. The van der Waals surface area contributed by atoms with E-state index in [1.165, 1.54) is 7.11 Å². The number of hydrogen-bond acceptors (Lipinski definition) is 2. The number of esters is 1. The van der Waals surface area contributed by atoms with Gasteiger partial charge in [-0.3, -0.25) is 4.79 Å². The lowest BCUT2D eigenvalue weighted by molar-refractivity contribution is -0.145. The van der Waals surface area contributed by atoms with E-state index in [0.717, 1.165) is 30.1 Å². The number of carbonyl (C=O) groups is 1. The van der Waals surface area contributed by atoms with E-state index >= 15 is 0 Å². The summed E-state index contributed by atoms with van der Waals surface area (Å²) in [5, 5.41) is 0. The number of hydrogen-bond donors (Lipinski definition) is 0. The van der Waals surface area contributed by atoms with Gasteiger partial charge in [-0.2, -0.15) is 0 Å². The van der Waals surface area contributed by atoms with Crippen LogP contribution in [0, 0.1) is 29.6 Å². The van der Waals surface area contributed by atoms with Gasteiger partial charge in [0.25, 0.3) is 0 Å². The van der Waals surface area contributed by atoms with Crippen LogP contribution >= 0.6 is 0 Å². The first-order chi connectivity index (χ1) is 4.84. The van der Waals surface area contributed by atoms with Gasteiger partial charge < -0.3 is 4.74 Å². The maximum Gasteiger partial charge on any atom is 0.308 e. The zero-order chi connectivity index (χ0) is 6.88. The SMILES string of the molecule is COC(=O)C1CC2C3C1C23. The standard InChI is InChI=1S/C8H10O2/c1-10-8(9)4-2-3-5-6(3)7(4)5/h3-7H,2H2,1H3. The summed E-state index contributed by atoms with van der Waals surface area (Å²) in [5.41, 5.74) is 0. The highest BCUT2D eigenvalue weighted by atomic mass is 16.5. The second-order valence-electron chi connectivity index (χ2n) is 3.76. The maximum atomic E-state index is 11.0. The fourth-order valence-electron chi connectivity index (χ4n) is 2.94. The summed E-state index contributed by atoms with van der Waals surface area (Å²) in [6.45, 7) is 0. The fraction of sp³-hybridized carbons (Fsp3) is 0.875. The molecule has 54 valence electrons. The second-order valence-corrected chi connectivity index (χ2v) is 3.76. The van der Waals surface area contributed by atoms with Gasteiger partial charge in [0, 0.05) is 0 Å². The van der Waals surface area contributed by atoms with Crippen LogP contribution in [0.1, 0.15) is 6.42 Å². The number of methoxy groups -OCH3 is 1. The van der Waals surface area contributed by atoms with Crippen molar-refractivity contribution in [1.82, 2.24) is 0 Å². The molecular formula is C8H10O2. The van der Waals surface area contributed by atoms with E-state index in [0.29, 0.717) is 5.92 Å². The predicted molar refractivity (Wildman–Crippen MR) is 34.1 cm³/mol. The van der Waals surface area contributed by atoms with Crippen LogP contribution in [0.2, 0.25) is 0 Å². The molecule has 2 heteroatoms. The maximum absolute atomic E-state index is 11.0. The van der Waals surface area contributed by atoms with Crippen LogP contribution in [-0.4, -0.2) is 13.1 Å². The van der Waals surface area contributed by atoms with Crippen LogP contribution in [-0.2, 0) is 9.53 Å². The monoisotopic (exact) mass is 138 g/mol. The van der Waals surface area contributed by atoms with Crippen molar-refractivity contribution in [2.75, 3.05) is 7.11 Å². The highest BCUT2D eigenvalue weighted by Gasteiger charge is 2.81. The normalized spacial score (nSPS) is 59.5. The molecule has 4 rings (SSSR count). The van der Waals surface area contributed by atoms with Gasteiger partial charge in [-0.05, 0) is 30.1 Å². The minimum Gasteiger partial charge on any atom is -0.469 e. The molecule has 3 atom stereocenters. The number of carbonyl (C=O) groups excluding carboxylic acids is 1. The molecule has 4 fully saturated rings. The molecule has 4 aliphatic carbocycles. The zero-order valence-electron chi connectivity index (χ0n) is 5.91. The smallest absolute Gasteiger partial charge is 0.308 e. The Kier molecular flexibility index (Phi) is 0.644. The zero-order valence-corrected chi connectivity index (χ0v) is 5.91. The summed E-state index contributed by atoms with van der Waals surface area (Å²) in [6.07, 6.45) is 1.13. The third-order valence-electron chi connectivity index (χ3n) is 3.53. The van der Waals surface area contributed by atoms with Crippen LogP contribution in [0.4, 0.5) is 0 Å². The Morgan fingerprint density at radius 2 is 2.10 bits per heavy atom. The molecular weight excluding hydrogens is 128 g/mol. The van der Waals surface area contributed by atoms with Gasteiger partial charge in [-0.1, -0.05) is 0 Å². The van der Waals surface area contributed by atoms with Crippen LogP contribution in [0.15, 0.2) is 0 Å². The lowest BCUT2D eigenvalue weighted by Gasteiger charge is -2.04. The Morgan fingerprint density at radius 3 is 2.50 bits per heavy atom. The molecule has 0 heterocycles. The second kappa shape index (κ2) is 1.25. The summed E-state index contributed by atoms with van der Waals surface area (Å²) in [5.74, 6) is 3.96. The van der Waals surface area contributed by atoms with Crippen molar-refractivity contribution in [3.63, 3.8) is 0 Å². The summed E-state index contributed by atoms with van der Waals surface area (Å²) >= 11 is 0. The molecule has 2 bridgehead atoms. The van der Waals surface area contributed by atoms with Crippen LogP contribution in [0.25, 0.3) is 0 Å². The number of ether oxygens (including phenoxy) is 1. The highest BCUT2D eigenvalue weighted by Crippen LogP contribution is 2.83. The summed E-state index contributed by atoms with van der Waals surface area (Å²) in [6, 6.07) is 0. The van der Waals surface area contributed by atoms with Gasteiger partial charge in [0.1, 0.15) is 0 Å². The predicted octanol–water partition coefficient (Wildman–Crippen LogP) is 0.671. The highest BCUT2D eigenvalue weighted by molar-refractivity contribution is 5.75. The van der Waals surface area contributed by atoms with E-state index in [2.05, 4.69) is 0 Å². The fourth-order valence-corrected chi connectivity index (χ4v) is 2.94. The van der Waals surface area contributed by atoms with Crippen molar-refractivity contribution in [2.45, 2.75) is 6.42 Å². The van der Waals surface area contributed by atoms with Crippen molar-refractivity contribution < 1.29 is 9.53 Å². The topological polar surface area (TPSA) is 26.3 Å². The molecule has 0 aliphatic heterocycles. The first kappa shape index (κ1) is 5.16. The average Bonchev–Trinajstić information content (AvgIpc) is 2.76. The van der Waals surface area contributed by atoms with E-state index in [-0.39, 0.29) is 5.97 Å². The Balaban J connectivity index is 1.78. The quantitative estimate of drug-likeness (QED) is 0.498. The first-order valence-electron chi connectivity index (χ1n) is 3.92. The minimum absolute atomic E-state index is 0.0394. The summed E-state index contributed by atoms with van der Waals surface area (Å²) in [7, 11) is 1.49.